The number of benzene rings is 3. The van der Waals surface area contributed by atoms with Gasteiger partial charge in [0.2, 0.25) is 0 Å². The molecule has 9 heteroatoms. The van der Waals surface area contributed by atoms with Crippen molar-refractivity contribution >= 4 is 69.4 Å². The summed E-state index contributed by atoms with van der Waals surface area (Å²) in [6.07, 6.45) is 1.71. The lowest BCUT2D eigenvalue weighted by molar-refractivity contribution is -0.123. The molecule has 4 rings (SSSR count). The van der Waals surface area contributed by atoms with Crippen molar-refractivity contribution in [3.8, 4) is 5.75 Å². The van der Waals surface area contributed by atoms with E-state index in [2.05, 4.69) is 5.43 Å². The second-order valence-electron chi connectivity index (χ2n) is 7.42. The maximum Gasteiger partial charge on any atom is 0.285 e. The van der Waals surface area contributed by atoms with Gasteiger partial charge in [0.05, 0.1) is 4.91 Å². The van der Waals surface area contributed by atoms with E-state index in [0.717, 1.165) is 33.5 Å². The normalized spacial score (nSPS) is 14.6. The number of amides is 2. The van der Waals surface area contributed by atoms with Crippen molar-refractivity contribution in [2.45, 2.75) is 13.5 Å². The number of hydrazine groups is 1. The first-order valence-electron chi connectivity index (χ1n) is 10.1. The summed E-state index contributed by atoms with van der Waals surface area (Å²) in [4.78, 5) is 25.8. The fourth-order valence-electron chi connectivity index (χ4n) is 3.08. The molecule has 5 nitrogen and oxygen atoms in total. The molecule has 1 aliphatic heterocycles. The number of ether oxygens (including phenoxy) is 1. The molecular formula is C25H18Cl2N2O3S2. The molecule has 0 bridgehead atoms. The molecule has 172 valence electrons. The monoisotopic (exact) mass is 528 g/mol. The van der Waals surface area contributed by atoms with Crippen LogP contribution in [0.3, 0.4) is 0 Å². The number of carbonyl (C=O) groups is 2. The Balaban J connectivity index is 1.44. The van der Waals surface area contributed by atoms with E-state index < -0.39 is 11.8 Å². The molecule has 1 heterocycles. The van der Waals surface area contributed by atoms with Gasteiger partial charge in [0.25, 0.3) is 11.8 Å². The van der Waals surface area contributed by atoms with Gasteiger partial charge in [-0.1, -0.05) is 70.9 Å². The molecule has 0 aromatic heterocycles. The number of halogens is 2. The number of aryl methyl sites for hydroxylation is 1. The van der Waals surface area contributed by atoms with Gasteiger partial charge < -0.3 is 4.74 Å². The fourth-order valence-corrected chi connectivity index (χ4v) is 4.72. The summed E-state index contributed by atoms with van der Waals surface area (Å²) in [7, 11) is 0. The lowest BCUT2D eigenvalue weighted by Gasteiger charge is -2.15. The highest BCUT2D eigenvalue weighted by molar-refractivity contribution is 8.26. The van der Waals surface area contributed by atoms with Crippen LogP contribution in [0.15, 0.2) is 71.6 Å². The highest BCUT2D eigenvalue weighted by Crippen LogP contribution is 2.32. The van der Waals surface area contributed by atoms with Crippen molar-refractivity contribution in [3.05, 3.63) is 104 Å². The van der Waals surface area contributed by atoms with E-state index in [1.807, 2.05) is 43.3 Å². The van der Waals surface area contributed by atoms with Crippen LogP contribution in [0.25, 0.3) is 6.08 Å². The van der Waals surface area contributed by atoms with Gasteiger partial charge in [0.1, 0.15) is 12.4 Å². The van der Waals surface area contributed by atoms with E-state index >= 15 is 0 Å². The van der Waals surface area contributed by atoms with Crippen LogP contribution >= 0.6 is 47.2 Å². The second-order valence-corrected chi connectivity index (χ2v) is 9.94. The van der Waals surface area contributed by atoms with E-state index in [1.165, 1.54) is 0 Å². The van der Waals surface area contributed by atoms with Gasteiger partial charge in [0, 0.05) is 21.2 Å². The maximum atomic E-state index is 12.9. The Hall–Kier alpha value is -2.84. The third kappa shape index (κ3) is 5.80. The smallest absolute Gasteiger partial charge is 0.285 e. The SMILES string of the molecule is Cc1ccc(C(=O)NN2C(=O)/C(=C\c3cccc(OCc4ccc(Cl)cc4Cl)c3)SC2=S)cc1. The van der Waals surface area contributed by atoms with E-state index in [9.17, 15) is 9.59 Å². The summed E-state index contributed by atoms with van der Waals surface area (Å²) in [5.74, 6) is -0.188. The van der Waals surface area contributed by atoms with Crippen LogP contribution in [0.2, 0.25) is 10.0 Å². The molecule has 1 saturated heterocycles. The molecule has 1 fully saturated rings. The standard InChI is InChI=1S/C25H18Cl2N2O3S2/c1-15-5-7-17(8-6-15)23(30)28-29-24(31)22(34-25(29)33)12-16-3-2-4-20(11-16)32-14-18-9-10-19(26)13-21(18)27/h2-13H,14H2,1H3,(H,28,30)/b22-12+. The number of nitrogens with one attached hydrogen (secondary N) is 1. The Morgan fingerprint density at radius 3 is 2.62 bits per heavy atom. The summed E-state index contributed by atoms with van der Waals surface area (Å²) >= 11 is 18.6. The van der Waals surface area contributed by atoms with Crippen molar-refractivity contribution in [2.75, 3.05) is 0 Å². The predicted molar refractivity (Wildman–Crippen MR) is 141 cm³/mol. The van der Waals surface area contributed by atoms with Crippen molar-refractivity contribution in [2.24, 2.45) is 0 Å². The molecule has 3 aromatic carbocycles. The summed E-state index contributed by atoms with van der Waals surface area (Å²) in [6.45, 7) is 2.20. The summed E-state index contributed by atoms with van der Waals surface area (Å²) < 4.78 is 6.11. The quantitative estimate of drug-likeness (QED) is 0.295. The molecule has 0 saturated carbocycles. The highest BCUT2D eigenvalue weighted by Gasteiger charge is 2.33. The highest BCUT2D eigenvalue weighted by atomic mass is 35.5. The van der Waals surface area contributed by atoms with E-state index in [-0.39, 0.29) is 10.9 Å². The first-order chi connectivity index (χ1) is 16.3. The molecule has 0 spiro atoms. The summed E-state index contributed by atoms with van der Waals surface area (Å²) in [6, 6.07) is 19.6. The fraction of sp³-hybridized carbons (Fsp3) is 0.0800. The van der Waals surface area contributed by atoms with Crippen LogP contribution in [-0.2, 0) is 11.4 Å². The van der Waals surface area contributed by atoms with Crippen LogP contribution in [0, 0.1) is 6.92 Å². The van der Waals surface area contributed by atoms with Gasteiger partial charge in [-0.15, -0.1) is 0 Å². The van der Waals surface area contributed by atoms with Crippen LogP contribution in [0.4, 0.5) is 0 Å². The van der Waals surface area contributed by atoms with Crippen molar-refractivity contribution in [3.63, 3.8) is 0 Å². The molecule has 0 radical (unpaired) electrons. The maximum absolute atomic E-state index is 12.9. The lowest BCUT2D eigenvalue weighted by atomic mass is 10.1. The van der Waals surface area contributed by atoms with E-state index in [4.69, 9.17) is 40.2 Å². The number of thioether (sulfide) groups is 1. The van der Waals surface area contributed by atoms with Crippen molar-refractivity contribution < 1.29 is 14.3 Å². The minimum absolute atomic E-state index is 0.251. The molecular weight excluding hydrogens is 511 g/mol. The minimum atomic E-state index is -0.409. The third-order valence-electron chi connectivity index (χ3n) is 4.89. The van der Waals surface area contributed by atoms with Crippen LogP contribution in [0.5, 0.6) is 5.75 Å². The van der Waals surface area contributed by atoms with Gasteiger partial charge in [-0.2, -0.15) is 5.01 Å². The molecule has 0 unspecified atom stereocenters. The topological polar surface area (TPSA) is 58.6 Å². The van der Waals surface area contributed by atoms with Crippen LogP contribution in [-0.4, -0.2) is 21.1 Å². The Morgan fingerprint density at radius 1 is 1.12 bits per heavy atom. The number of hydrogen-bond acceptors (Lipinski definition) is 5. The van der Waals surface area contributed by atoms with Gasteiger partial charge >= 0.3 is 0 Å². The zero-order valence-corrected chi connectivity index (χ0v) is 21.0. The third-order valence-corrected chi connectivity index (χ3v) is 6.78. The van der Waals surface area contributed by atoms with Crippen molar-refractivity contribution in [1.82, 2.24) is 10.4 Å². The number of hydrogen-bond donors (Lipinski definition) is 1. The number of carbonyl (C=O) groups excluding carboxylic acids is 2. The van der Waals surface area contributed by atoms with Crippen LogP contribution in [0.1, 0.15) is 27.0 Å². The molecule has 0 aliphatic carbocycles. The molecule has 1 aliphatic rings. The average molecular weight is 529 g/mol. The van der Waals surface area contributed by atoms with E-state index in [0.29, 0.717) is 26.3 Å². The Morgan fingerprint density at radius 2 is 1.88 bits per heavy atom. The molecule has 1 N–H and O–H groups in total. The summed E-state index contributed by atoms with van der Waals surface area (Å²) in [5, 5.41) is 2.18. The Kier molecular flexibility index (Phi) is 7.58. The minimum Gasteiger partial charge on any atom is -0.489 e. The molecule has 2 amide bonds. The summed E-state index contributed by atoms with van der Waals surface area (Å²) in [5.41, 5.74) is 5.62. The van der Waals surface area contributed by atoms with Gasteiger partial charge in [0.15, 0.2) is 4.32 Å². The Bertz CT molecular complexity index is 1310. The zero-order valence-electron chi connectivity index (χ0n) is 17.9. The molecule has 0 atom stereocenters. The largest absolute Gasteiger partial charge is 0.489 e. The molecule has 3 aromatic rings. The van der Waals surface area contributed by atoms with Gasteiger partial charge in [-0.3, -0.25) is 15.0 Å². The zero-order chi connectivity index (χ0) is 24.2. The van der Waals surface area contributed by atoms with Crippen molar-refractivity contribution in [1.29, 1.82) is 0 Å². The van der Waals surface area contributed by atoms with Gasteiger partial charge in [-0.25, -0.2) is 0 Å². The first kappa shape index (κ1) is 24.3. The van der Waals surface area contributed by atoms with Crippen LogP contribution < -0.4 is 10.2 Å². The molecule has 34 heavy (non-hydrogen) atoms. The second kappa shape index (κ2) is 10.6. The average Bonchev–Trinajstić information content (AvgIpc) is 3.06. The lowest BCUT2D eigenvalue weighted by Crippen LogP contribution is -2.44. The Labute approximate surface area is 216 Å². The predicted octanol–water partition coefficient (Wildman–Crippen LogP) is 6.43. The van der Waals surface area contributed by atoms with Gasteiger partial charge in [-0.05, 0) is 67.2 Å². The van der Waals surface area contributed by atoms with E-state index in [1.54, 1.807) is 36.4 Å². The number of rotatable bonds is 6. The number of nitrogens with zero attached hydrogens (tertiary/aromatic N) is 1. The first-order valence-corrected chi connectivity index (χ1v) is 12.1. The number of thiocarbonyl (C=S) groups is 1.